The number of piperidine rings is 1. The Balaban J connectivity index is 0.00000123. The van der Waals surface area contributed by atoms with Gasteiger partial charge in [0.1, 0.15) is 18.4 Å². The minimum absolute atomic E-state index is 0.0384. The van der Waals surface area contributed by atoms with E-state index in [1.54, 1.807) is 11.9 Å². The molecule has 0 aliphatic carbocycles. The molecule has 2 aromatic rings. The molecule has 12 heteroatoms. The lowest BCUT2D eigenvalue weighted by Crippen LogP contribution is -2.72. The first kappa shape index (κ1) is 32.2. The molecule has 1 spiro atoms. The molecule has 0 aromatic heterocycles. The van der Waals surface area contributed by atoms with Gasteiger partial charge in [-0.1, -0.05) is 12.1 Å². The summed E-state index contributed by atoms with van der Waals surface area (Å²) < 4.78 is 17.5. The van der Waals surface area contributed by atoms with Crippen molar-refractivity contribution in [2.45, 2.75) is 49.2 Å². The molecule has 1 atom stereocenters. The fraction of sp³-hybridized carbons (Fsp3) is 0.500. The predicted octanol–water partition coefficient (Wildman–Crippen LogP) is 2.56. The maximum absolute atomic E-state index is 15.1. The van der Waals surface area contributed by atoms with E-state index < -0.39 is 23.7 Å². The highest BCUT2D eigenvalue weighted by atomic mass is 32.2. The van der Waals surface area contributed by atoms with E-state index in [2.05, 4.69) is 38.8 Å². The predicted molar refractivity (Wildman–Crippen MR) is 168 cm³/mol. The zero-order chi connectivity index (χ0) is 31.4. The monoisotopic (exact) mass is 624 g/mol. The number of likely N-dealkylation sites (tertiary alicyclic amines) is 1. The lowest BCUT2D eigenvalue weighted by atomic mass is 9.72. The molecule has 0 radical (unpaired) electrons. The average molecular weight is 625 g/mol. The number of carbonyl (C=O) groups excluding carboxylic acids is 4. The van der Waals surface area contributed by atoms with Gasteiger partial charge in [-0.3, -0.25) is 19.4 Å². The average Bonchev–Trinajstić information content (AvgIpc) is 3.20. The molecule has 3 N–H and O–H groups in total. The number of hydrogen-bond acceptors (Lipinski definition) is 10. The Morgan fingerprint density at radius 1 is 1.05 bits per heavy atom. The van der Waals surface area contributed by atoms with Crippen LogP contribution in [0.4, 0.5) is 10.1 Å². The van der Waals surface area contributed by atoms with E-state index in [0.717, 1.165) is 56.5 Å². The van der Waals surface area contributed by atoms with Gasteiger partial charge >= 0.3 is 0 Å². The summed E-state index contributed by atoms with van der Waals surface area (Å²) in [7, 11) is 3.75. The second-order valence-electron chi connectivity index (χ2n) is 12.3. The van der Waals surface area contributed by atoms with Crippen LogP contribution < -0.4 is 16.0 Å². The Bertz CT molecular complexity index is 1390. The van der Waals surface area contributed by atoms with Gasteiger partial charge in [0.15, 0.2) is 0 Å². The molecule has 236 valence electrons. The first-order chi connectivity index (χ1) is 21.2. The van der Waals surface area contributed by atoms with Crippen LogP contribution in [0.5, 0.6) is 0 Å². The first-order valence-electron chi connectivity index (χ1n) is 15.1. The molecule has 4 aliphatic heterocycles. The molecule has 4 heterocycles. The second-order valence-corrected chi connectivity index (χ2v) is 13.5. The van der Waals surface area contributed by atoms with Crippen molar-refractivity contribution in [3.05, 3.63) is 58.9 Å². The molecule has 44 heavy (non-hydrogen) atoms. The third-order valence-corrected chi connectivity index (χ3v) is 9.69. The third-order valence-electron chi connectivity index (χ3n) is 8.60. The zero-order valence-electron chi connectivity index (χ0n) is 25.3. The summed E-state index contributed by atoms with van der Waals surface area (Å²) in [6.07, 6.45) is 3.29. The summed E-state index contributed by atoms with van der Waals surface area (Å²) in [5, 5.41) is 2.75. The van der Waals surface area contributed by atoms with Gasteiger partial charge in [0.2, 0.25) is 0 Å². The number of carbonyl (C=O) groups is 4. The van der Waals surface area contributed by atoms with Gasteiger partial charge in [-0.05, 0) is 75.1 Å². The van der Waals surface area contributed by atoms with Gasteiger partial charge in [0.25, 0.3) is 11.8 Å². The summed E-state index contributed by atoms with van der Waals surface area (Å²) in [6, 6.07) is 10.5. The van der Waals surface area contributed by atoms with Crippen LogP contribution in [0.3, 0.4) is 0 Å². The molecule has 1 unspecified atom stereocenters. The van der Waals surface area contributed by atoms with Crippen LogP contribution in [0.2, 0.25) is 0 Å². The molecular formula is C32H41FN6O4S. The smallest absolute Gasteiger partial charge is 0.262 e. The fourth-order valence-corrected chi connectivity index (χ4v) is 7.57. The number of halogens is 1. The van der Waals surface area contributed by atoms with E-state index in [-0.39, 0.29) is 29.4 Å². The molecule has 3 fully saturated rings. The molecule has 2 aromatic carbocycles. The summed E-state index contributed by atoms with van der Waals surface area (Å²) in [5.41, 5.74) is 7.76. The number of aldehydes is 2. The van der Waals surface area contributed by atoms with E-state index >= 15 is 4.39 Å². The van der Waals surface area contributed by atoms with Crippen LogP contribution in [0, 0.1) is 11.2 Å². The summed E-state index contributed by atoms with van der Waals surface area (Å²) in [4.78, 5) is 54.5. The quantitative estimate of drug-likeness (QED) is 0.232. The van der Waals surface area contributed by atoms with Crippen LogP contribution in [0.1, 0.15) is 52.0 Å². The van der Waals surface area contributed by atoms with Crippen molar-refractivity contribution in [2.75, 3.05) is 58.3 Å². The summed E-state index contributed by atoms with van der Waals surface area (Å²) >= 11 is 1.80. The molecule has 0 bridgehead atoms. The van der Waals surface area contributed by atoms with E-state index in [1.807, 2.05) is 19.0 Å². The third kappa shape index (κ3) is 6.74. The number of nitrogens with two attached hydrogens (primary N) is 1. The van der Waals surface area contributed by atoms with Crippen molar-refractivity contribution >= 4 is 42.0 Å². The highest BCUT2D eigenvalue weighted by Gasteiger charge is 2.52. The first-order valence-corrected chi connectivity index (χ1v) is 15.9. The Morgan fingerprint density at radius 2 is 1.70 bits per heavy atom. The van der Waals surface area contributed by atoms with Gasteiger partial charge in [-0.15, -0.1) is 0 Å². The number of fused-ring (bicyclic) bond motifs is 1. The maximum Gasteiger partial charge on any atom is 0.262 e. The molecule has 4 aliphatic rings. The van der Waals surface area contributed by atoms with Gasteiger partial charge in [-0.25, -0.2) is 8.70 Å². The molecule has 0 saturated carbocycles. The van der Waals surface area contributed by atoms with Gasteiger partial charge in [0, 0.05) is 68.6 Å². The number of rotatable bonds is 10. The van der Waals surface area contributed by atoms with Gasteiger partial charge < -0.3 is 25.5 Å². The van der Waals surface area contributed by atoms with Crippen molar-refractivity contribution in [3.8, 4) is 0 Å². The standard InChI is InChI=1S/C30H34FN5O4S.C2H7N/c31-26-12-24-25(29(40)36(28(24)39)22(15-38)4-2-10-37)13-27(26)34-18-30(19-34)16-33(17-30)14-20-3-1-5-23(11-20)41-35-8-6-21(32)7-9-35;1-3-2/h1,3,5,10-13,15,21-22H,2,4,6-9,14,16-19,32H2;3H,1-2H3. The van der Waals surface area contributed by atoms with E-state index in [9.17, 15) is 19.2 Å². The van der Waals surface area contributed by atoms with Crippen LogP contribution >= 0.6 is 11.9 Å². The van der Waals surface area contributed by atoms with E-state index in [4.69, 9.17) is 5.73 Å². The van der Waals surface area contributed by atoms with E-state index in [1.165, 1.54) is 16.5 Å². The number of anilines is 1. The van der Waals surface area contributed by atoms with Crippen molar-refractivity contribution < 1.29 is 23.6 Å². The van der Waals surface area contributed by atoms with Crippen molar-refractivity contribution in [2.24, 2.45) is 11.1 Å². The topological polar surface area (TPSA) is 119 Å². The molecule has 6 rings (SSSR count). The van der Waals surface area contributed by atoms with Gasteiger partial charge in [0.05, 0.1) is 22.9 Å². The number of amides is 2. The Hall–Kier alpha value is -3.16. The SMILES string of the molecule is CNC.NC1CCN(Sc2cccc(CN3CC4(C3)CN(c3cc5c(cc3F)C(=O)N(C(C=O)CCC=O)C5=O)C4)c2)CC1. The molecule has 10 nitrogen and oxygen atoms in total. The maximum atomic E-state index is 15.1. The second kappa shape index (κ2) is 13.9. The van der Waals surface area contributed by atoms with Gasteiger partial charge in [-0.2, -0.15) is 0 Å². The van der Waals surface area contributed by atoms with E-state index in [0.29, 0.717) is 37.4 Å². The van der Waals surface area contributed by atoms with Crippen molar-refractivity contribution in [1.29, 1.82) is 0 Å². The number of imide groups is 1. The molecular weight excluding hydrogens is 583 g/mol. The van der Waals surface area contributed by atoms with Crippen LogP contribution in [-0.4, -0.2) is 104 Å². The summed E-state index contributed by atoms with van der Waals surface area (Å²) in [5.74, 6) is -1.88. The largest absolute Gasteiger partial charge is 0.368 e. The molecule has 2 amide bonds. The number of nitrogens with one attached hydrogen (secondary N) is 1. The normalized spacial score (nSPS) is 20.5. The Kier molecular flexibility index (Phi) is 10.2. The van der Waals surface area contributed by atoms with Crippen LogP contribution in [0.15, 0.2) is 41.3 Å². The number of nitrogens with zero attached hydrogens (tertiary/aromatic N) is 4. The Morgan fingerprint density at radius 3 is 2.34 bits per heavy atom. The minimum Gasteiger partial charge on any atom is -0.368 e. The fourth-order valence-electron chi connectivity index (χ4n) is 6.53. The Labute approximate surface area is 262 Å². The lowest BCUT2D eigenvalue weighted by molar-refractivity contribution is -0.112. The van der Waals surface area contributed by atoms with Crippen molar-refractivity contribution in [3.63, 3.8) is 0 Å². The lowest BCUT2D eigenvalue weighted by Gasteiger charge is -2.61. The van der Waals surface area contributed by atoms with Crippen LogP contribution in [-0.2, 0) is 16.1 Å². The van der Waals surface area contributed by atoms with Crippen LogP contribution in [0.25, 0.3) is 0 Å². The highest BCUT2D eigenvalue weighted by Crippen LogP contribution is 2.44. The highest BCUT2D eigenvalue weighted by molar-refractivity contribution is 7.97. The zero-order valence-corrected chi connectivity index (χ0v) is 26.2. The molecule has 3 saturated heterocycles. The van der Waals surface area contributed by atoms with Crippen molar-refractivity contribution in [1.82, 2.24) is 19.4 Å². The minimum atomic E-state index is -1.05. The number of hydrogen-bond donors (Lipinski definition) is 2. The number of benzene rings is 2. The summed E-state index contributed by atoms with van der Waals surface area (Å²) in [6.45, 7) is 6.07.